The van der Waals surface area contributed by atoms with Crippen molar-refractivity contribution in [3.8, 4) is 17.4 Å². The van der Waals surface area contributed by atoms with Crippen LogP contribution in [0.2, 0.25) is 0 Å². The van der Waals surface area contributed by atoms with Crippen molar-refractivity contribution in [2.75, 3.05) is 26.8 Å². The van der Waals surface area contributed by atoms with Gasteiger partial charge in [-0.3, -0.25) is 0 Å². The molecule has 0 fully saturated rings. The Bertz CT molecular complexity index is 758. The Labute approximate surface area is 190 Å². The number of nitrogens with one attached hydrogen (secondary N) is 2. The lowest BCUT2D eigenvalue weighted by atomic mass is 10.3. The molecule has 0 aliphatic rings. The summed E-state index contributed by atoms with van der Waals surface area (Å²) in [6.45, 7) is 8.40. The highest BCUT2D eigenvalue weighted by molar-refractivity contribution is 14.0. The smallest absolute Gasteiger partial charge is 0.218 e. The number of aromatic nitrogens is 1. The van der Waals surface area contributed by atoms with Crippen LogP contribution in [0.1, 0.15) is 26.3 Å². The Balaban J connectivity index is 0.00000420. The highest BCUT2D eigenvalue weighted by Gasteiger charge is 2.08. The Morgan fingerprint density at radius 2 is 1.93 bits per heavy atom. The molecule has 0 spiro atoms. The van der Waals surface area contributed by atoms with Gasteiger partial charge in [-0.15, -0.1) is 24.0 Å². The van der Waals surface area contributed by atoms with Crippen LogP contribution in [0.25, 0.3) is 0 Å². The van der Waals surface area contributed by atoms with E-state index in [0.29, 0.717) is 25.6 Å². The average Bonchev–Trinajstić information content (AvgIpc) is 2.71. The lowest BCUT2D eigenvalue weighted by Gasteiger charge is -2.18. The van der Waals surface area contributed by atoms with Crippen LogP contribution in [0.15, 0.2) is 47.6 Å². The van der Waals surface area contributed by atoms with Gasteiger partial charge in [0.1, 0.15) is 17.6 Å². The standard InChI is InChI=1S/C21H30N4O3.HI/c1-5-22-21(25-15-17-9-8-12-23-20(17)27-6-2)24-14-16(3)28-19-11-7-10-18(13-19)26-4;/h7-13,16H,5-6,14-15H2,1-4H3,(H2,22,24,25);1H. The number of methoxy groups -OCH3 is 1. The van der Waals surface area contributed by atoms with Crippen molar-refractivity contribution in [1.82, 2.24) is 15.6 Å². The van der Waals surface area contributed by atoms with Crippen LogP contribution in [0.4, 0.5) is 0 Å². The zero-order chi connectivity index (χ0) is 20.2. The maximum Gasteiger partial charge on any atom is 0.218 e. The summed E-state index contributed by atoms with van der Waals surface area (Å²) < 4.78 is 16.7. The predicted molar refractivity (Wildman–Crippen MR) is 127 cm³/mol. The van der Waals surface area contributed by atoms with Gasteiger partial charge in [0.05, 0.1) is 26.8 Å². The van der Waals surface area contributed by atoms with Gasteiger partial charge in [-0.2, -0.15) is 0 Å². The fourth-order valence-electron chi connectivity index (χ4n) is 2.51. The lowest BCUT2D eigenvalue weighted by Crippen LogP contribution is -2.41. The molecule has 160 valence electrons. The van der Waals surface area contributed by atoms with Crippen LogP contribution in [0.3, 0.4) is 0 Å². The van der Waals surface area contributed by atoms with E-state index in [1.165, 1.54) is 0 Å². The molecule has 0 saturated carbocycles. The molecule has 0 bridgehead atoms. The molecule has 0 aliphatic carbocycles. The summed E-state index contributed by atoms with van der Waals surface area (Å²) in [6.07, 6.45) is 1.67. The Morgan fingerprint density at radius 3 is 2.66 bits per heavy atom. The van der Waals surface area contributed by atoms with Crippen LogP contribution in [0, 0.1) is 0 Å². The van der Waals surface area contributed by atoms with Gasteiger partial charge in [-0.05, 0) is 39.0 Å². The van der Waals surface area contributed by atoms with Crippen molar-refractivity contribution in [3.05, 3.63) is 48.2 Å². The van der Waals surface area contributed by atoms with Crippen LogP contribution in [0.5, 0.6) is 17.4 Å². The minimum Gasteiger partial charge on any atom is -0.497 e. The number of pyridine rings is 1. The summed E-state index contributed by atoms with van der Waals surface area (Å²) in [5, 5.41) is 6.56. The number of hydrogen-bond acceptors (Lipinski definition) is 5. The molecule has 1 heterocycles. The minimum absolute atomic E-state index is 0. The lowest BCUT2D eigenvalue weighted by molar-refractivity contribution is 0.223. The van der Waals surface area contributed by atoms with E-state index in [2.05, 4.69) is 20.6 Å². The van der Waals surface area contributed by atoms with Gasteiger partial charge in [0.2, 0.25) is 5.88 Å². The minimum atomic E-state index is -0.0478. The van der Waals surface area contributed by atoms with Crippen molar-refractivity contribution in [2.45, 2.75) is 33.4 Å². The van der Waals surface area contributed by atoms with Gasteiger partial charge in [-0.25, -0.2) is 9.98 Å². The summed E-state index contributed by atoms with van der Waals surface area (Å²) in [5.41, 5.74) is 0.947. The topological polar surface area (TPSA) is 77.0 Å². The highest BCUT2D eigenvalue weighted by Crippen LogP contribution is 2.19. The monoisotopic (exact) mass is 514 g/mol. The van der Waals surface area contributed by atoms with E-state index in [9.17, 15) is 0 Å². The SMILES string of the molecule is CCNC(=NCc1cccnc1OCC)NCC(C)Oc1cccc(OC)c1.I. The van der Waals surface area contributed by atoms with Crippen molar-refractivity contribution in [1.29, 1.82) is 0 Å². The van der Waals surface area contributed by atoms with Crippen molar-refractivity contribution >= 4 is 29.9 Å². The van der Waals surface area contributed by atoms with E-state index in [-0.39, 0.29) is 30.1 Å². The maximum atomic E-state index is 5.94. The molecular formula is C21H31IN4O3. The molecule has 1 aromatic carbocycles. The fraction of sp³-hybridized carbons (Fsp3) is 0.429. The van der Waals surface area contributed by atoms with E-state index >= 15 is 0 Å². The zero-order valence-corrected chi connectivity index (χ0v) is 19.8. The Kier molecular flexibility index (Phi) is 11.9. The number of rotatable bonds is 10. The largest absolute Gasteiger partial charge is 0.497 e. The number of aliphatic imine (C=N–C) groups is 1. The van der Waals surface area contributed by atoms with Crippen molar-refractivity contribution < 1.29 is 14.2 Å². The first kappa shape index (κ1) is 24.8. The van der Waals surface area contributed by atoms with Gasteiger partial charge < -0.3 is 24.8 Å². The molecule has 2 N–H and O–H groups in total. The molecule has 0 saturated heterocycles. The molecule has 0 amide bonds. The number of nitrogens with zero attached hydrogens (tertiary/aromatic N) is 2. The second-order valence-corrected chi connectivity index (χ2v) is 6.08. The molecule has 7 nitrogen and oxygen atoms in total. The van der Waals surface area contributed by atoms with E-state index in [4.69, 9.17) is 14.2 Å². The Hall–Kier alpha value is -2.23. The summed E-state index contributed by atoms with van der Waals surface area (Å²) >= 11 is 0. The molecule has 29 heavy (non-hydrogen) atoms. The predicted octanol–water partition coefficient (Wildman–Crippen LogP) is 3.63. The third kappa shape index (κ3) is 8.76. The van der Waals surface area contributed by atoms with Crippen LogP contribution < -0.4 is 24.8 Å². The van der Waals surface area contributed by atoms with Crippen LogP contribution in [-0.4, -0.2) is 43.9 Å². The van der Waals surface area contributed by atoms with Gasteiger partial charge >= 0.3 is 0 Å². The Morgan fingerprint density at radius 1 is 1.14 bits per heavy atom. The van der Waals surface area contributed by atoms with Gasteiger partial charge in [0, 0.05) is 24.4 Å². The second-order valence-electron chi connectivity index (χ2n) is 6.08. The average molecular weight is 514 g/mol. The number of hydrogen-bond donors (Lipinski definition) is 2. The van der Waals surface area contributed by atoms with E-state index in [1.54, 1.807) is 13.3 Å². The third-order valence-electron chi connectivity index (χ3n) is 3.82. The maximum absolute atomic E-state index is 5.94. The molecule has 8 heteroatoms. The van der Waals surface area contributed by atoms with E-state index < -0.39 is 0 Å². The van der Waals surface area contributed by atoms with Crippen molar-refractivity contribution in [3.63, 3.8) is 0 Å². The summed E-state index contributed by atoms with van der Waals surface area (Å²) in [5.74, 6) is 2.88. The first-order valence-corrected chi connectivity index (χ1v) is 9.55. The van der Waals surface area contributed by atoms with Crippen molar-refractivity contribution in [2.24, 2.45) is 4.99 Å². The normalized spacial score (nSPS) is 11.8. The molecule has 1 atom stereocenters. The van der Waals surface area contributed by atoms with Crippen LogP contribution in [-0.2, 0) is 6.54 Å². The number of benzene rings is 1. The fourth-order valence-corrected chi connectivity index (χ4v) is 2.51. The summed E-state index contributed by atoms with van der Waals surface area (Å²) in [4.78, 5) is 8.90. The number of guanidine groups is 1. The highest BCUT2D eigenvalue weighted by atomic mass is 127. The first-order chi connectivity index (χ1) is 13.7. The third-order valence-corrected chi connectivity index (χ3v) is 3.82. The van der Waals surface area contributed by atoms with E-state index in [1.807, 2.05) is 57.2 Å². The quantitative estimate of drug-likeness (QED) is 0.287. The second kappa shape index (κ2) is 13.9. The van der Waals surface area contributed by atoms with Gasteiger partial charge in [0.15, 0.2) is 5.96 Å². The first-order valence-electron chi connectivity index (χ1n) is 9.55. The molecular weight excluding hydrogens is 483 g/mol. The molecule has 2 aromatic rings. The van der Waals surface area contributed by atoms with Crippen LogP contribution >= 0.6 is 24.0 Å². The van der Waals surface area contributed by atoms with Gasteiger partial charge in [0.25, 0.3) is 0 Å². The molecule has 0 radical (unpaired) electrons. The molecule has 0 aliphatic heterocycles. The summed E-state index contributed by atoms with van der Waals surface area (Å²) in [6, 6.07) is 11.4. The molecule has 1 aromatic heterocycles. The molecule has 1 unspecified atom stereocenters. The summed E-state index contributed by atoms with van der Waals surface area (Å²) in [7, 11) is 1.64. The zero-order valence-electron chi connectivity index (χ0n) is 17.5. The number of ether oxygens (including phenoxy) is 3. The van der Waals surface area contributed by atoms with E-state index in [0.717, 1.165) is 29.6 Å². The molecule has 2 rings (SSSR count). The number of halogens is 1. The van der Waals surface area contributed by atoms with Gasteiger partial charge in [-0.1, -0.05) is 12.1 Å².